The van der Waals surface area contributed by atoms with E-state index in [2.05, 4.69) is 15.4 Å². The lowest BCUT2D eigenvalue weighted by atomic mass is 10.2. The van der Waals surface area contributed by atoms with Gasteiger partial charge < -0.3 is 25.8 Å². The van der Waals surface area contributed by atoms with E-state index >= 15 is 0 Å². The molecule has 1 saturated heterocycles. The van der Waals surface area contributed by atoms with Crippen molar-refractivity contribution in [3.8, 4) is 0 Å². The summed E-state index contributed by atoms with van der Waals surface area (Å²) in [6, 6.07) is 2.51. The monoisotopic (exact) mass is 496 g/mol. The highest BCUT2D eigenvalue weighted by atomic mass is 19.4. The molecule has 1 unspecified atom stereocenters. The van der Waals surface area contributed by atoms with Crippen LogP contribution in [-0.2, 0) is 16.6 Å². The number of anilines is 3. The lowest BCUT2D eigenvalue weighted by Gasteiger charge is -2.28. The first-order chi connectivity index (χ1) is 16.6. The zero-order chi connectivity index (χ0) is 25.3. The van der Waals surface area contributed by atoms with Gasteiger partial charge in [-0.05, 0) is 12.1 Å². The number of nitrogens with zero attached hydrogens (tertiary/aromatic N) is 6. The quantitative estimate of drug-likeness (QED) is 0.489. The van der Waals surface area contributed by atoms with E-state index in [0.29, 0.717) is 24.3 Å². The van der Waals surface area contributed by atoms with Crippen LogP contribution in [0.1, 0.15) is 11.8 Å². The maximum atomic E-state index is 12.9. The highest BCUT2D eigenvalue weighted by Crippen LogP contribution is 2.42. The summed E-state index contributed by atoms with van der Waals surface area (Å²) in [7, 11) is 1.63. The Morgan fingerprint density at radius 3 is 2.83 bits per heavy atom. The van der Waals surface area contributed by atoms with E-state index in [0.717, 1.165) is 6.26 Å². The van der Waals surface area contributed by atoms with Crippen LogP contribution < -0.4 is 20.9 Å². The second-order valence-electron chi connectivity index (χ2n) is 7.83. The van der Waals surface area contributed by atoms with Gasteiger partial charge in [-0.1, -0.05) is 0 Å². The smallest absolute Gasteiger partial charge is 0.405 e. The third-order valence-corrected chi connectivity index (χ3v) is 5.36. The number of hydrogen-bond donors (Lipinski definition) is 3. The minimum absolute atomic E-state index is 0.0373. The fourth-order valence-corrected chi connectivity index (χ4v) is 3.86. The van der Waals surface area contributed by atoms with E-state index in [1.54, 1.807) is 13.2 Å². The number of aryl methyl sites for hydroxylation is 1. The van der Waals surface area contributed by atoms with Crippen molar-refractivity contribution in [1.82, 2.24) is 19.7 Å². The van der Waals surface area contributed by atoms with Crippen LogP contribution in [0.15, 0.2) is 36.5 Å². The number of amides is 3. The molecule has 4 rings (SSSR count). The molecule has 3 amide bonds. The molecule has 12 nitrogen and oxygen atoms in total. The molecule has 0 aliphatic carbocycles. The molecule has 2 aliphatic heterocycles. The predicted octanol–water partition coefficient (Wildman–Crippen LogP) is 0.886. The van der Waals surface area contributed by atoms with Crippen molar-refractivity contribution in [1.29, 1.82) is 0 Å². The molecule has 0 bridgehead atoms. The van der Waals surface area contributed by atoms with Crippen LogP contribution in [0.2, 0.25) is 0 Å². The molecule has 2 aromatic rings. The standard InChI is InChI=1S/C20H23F3N8O4/c1-28-9-13(17(27-28)30-5-4-29(6-7-32)19(30)34)31-14(16(24)33)10-35-18(31)12-2-3-25-15(8-12)26-11-20(21,22)23/h2-3,8-10,18,32H,4-7,11H2,1H3,(H2,24,33)(H,25,26). The Bertz CT molecular complexity index is 1150. The molecule has 1 atom stereocenters. The Hall–Kier alpha value is -4.01. The van der Waals surface area contributed by atoms with Crippen LogP contribution in [-0.4, -0.2) is 75.7 Å². The SMILES string of the molecule is Cn1cc(N2C(C(N)=O)=COC2c2ccnc(NCC(F)(F)F)c2)c(N2CCN(CCO)C2=O)n1. The van der Waals surface area contributed by atoms with Gasteiger partial charge in [0, 0.05) is 38.4 Å². The molecule has 188 valence electrons. The largest absolute Gasteiger partial charge is 0.471 e. The number of carbonyl (C=O) groups is 2. The number of nitrogens with two attached hydrogens (primary N) is 1. The topological polar surface area (TPSA) is 142 Å². The van der Waals surface area contributed by atoms with Gasteiger partial charge in [0.2, 0.25) is 6.23 Å². The van der Waals surface area contributed by atoms with Crippen molar-refractivity contribution >= 4 is 29.3 Å². The number of carbonyl (C=O) groups excluding carboxylic acids is 2. The van der Waals surface area contributed by atoms with E-state index in [1.807, 2.05) is 0 Å². The third-order valence-electron chi connectivity index (χ3n) is 5.36. The van der Waals surface area contributed by atoms with Crippen LogP contribution in [0.5, 0.6) is 0 Å². The molecule has 35 heavy (non-hydrogen) atoms. The molecule has 0 radical (unpaired) electrons. The maximum Gasteiger partial charge on any atom is 0.405 e. The van der Waals surface area contributed by atoms with Crippen molar-refractivity contribution < 1.29 is 32.6 Å². The first kappa shape index (κ1) is 24.1. The Morgan fingerprint density at radius 1 is 1.37 bits per heavy atom. The summed E-state index contributed by atoms with van der Waals surface area (Å²) in [5.74, 6) is -0.636. The van der Waals surface area contributed by atoms with Crippen molar-refractivity contribution in [2.75, 3.05) is 47.9 Å². The van der Waals surface area contributed by atoms with Gasteiger partial charge in [-0.25, -0.2) is 9.78 Å². The molecule has 2 aliphatic rings. The molecular weight excluding hydrogens is 473 g/mol. The number of alkyl halides is 3. The molecule has 4 N–H and O–H groups in total. The van der Waals surface area contributed by atoms with Crippen LogP contribution in [0, 0.1) is 0 Å². The Kier molecular flexibility index (Phi) is 6.43. The van der Waals surface area contributed by atoms with Crippen LogP contribution in [0.4, 0.5) is 35.3 Å². The van der Waals surface area contributed by atoms with Crippen molar-refractivity contribution in [2.24, 2.45) is 12.8 Å². The maximum absolute atomic E-state index is 12.9. The summed E-state index contributed by atoms with van der Waals surface area (Å²) in [6.45, 7) is -0.662. The van der Waals surface area contributed by atoms with E-state index in [4.69, 9.17) is 10.5 Å². The highest BCUT2D eigenvalue weighted by molar-refractivity contribution is 6.00. The molecular formula is C20H23F3N8O4. The lowest BCUT2D eigenvalue weighted by molar-refractivity contribution is -0.115. The summed E-state index contributed by atoms with van der Waals surface area (Å²) >= 11 is 0. The van der Waals surface area contributed by atoms with Gasteiger partial charge in [-0.3, -0.25) is 19.3 Å². The van der Waals surface area contributed by atoms with E-state index in [9.17, 15) is 27.9 Å². The number of hydrogen-bond acceptors (Lipinski definition) is 8. The third kappa shape index (κ3) is 4.94. The lowest BCUT2D eigenvalue weighted by Crippen LogP contribution is -2.36. The fourth-order valence-electron chi connectivity index (χ4n) is 3.86. The van der Waals surface area contributed by atoms with Crippen LogP contribution >= 0.6 is 0 Å². The van der Waals surface area contributed by atoms with Gasteiger partial charge in [0.25, 0.3) is 5.91 Å². The highest BCUT2D eigenvalue weighted by Gasteiger charge is 2.40. The summed E-state index contributed by atoms with van der Waals surface area (Å²) in [5, 5.41) is 15.8. The minimum Gasteiger partial charge on any atom is -0.471 e. The first-order valence-corrected chi connectivity index (χ1v) is 10.5. The average molecular weight is 496 g/mol. The predicted molar refractivity (Wildman–Crippen MR) is 117 cm³/mol. The number of halogens is 3. The number of urea groups is 1. The summed E-state index contributed by atoms with van der Waals surface area (Å²) in [5.41, 5.74) is 6.23. The number of primary amides is 1. The van der Waals surface area contributed by atoms with Gasteiger partial charge in [0.15, 0.2) is 5.82 Å². The fraction of sp³-hybridized carbons (Fsp3) is 0.400. The molecule has 4 heterocycles. The molecule has 2 aromatic heterocycles. The Morgan fingerprint density at radius 2 is 2.14 bits per heavy atom. The number of aliphatic hydroxyl groups excluding tert-OH is 1. The summed E-state index contributed by atoms with van der Waals surface area (Å²) in [4.78, 5) is 33.3. The van der Waals surface area contributed by atoms with Crippen LogP contribution in [0.3, 0.4) is 0 Å². The Labute approximate surface area is 197 Å². The first-order valence-electron chi connectivity index (χ1n) is 10.5. The van der Waals surface area contributed by atoms with E-state index < -0.39 is 24.9 Å². The molecule has 15 heteroatoms. The molecule has 1 fully saturated rings. The second kappa shape index (κ2) is 9.32. The average Bonchev–Trinajstić information content (AvgIpc) is 3.49. The Balaban J connectivity index is 1.69. The molecule has 0 saturated carbocycles. The second-order valence-corrected chi connectivity index (χ2v) is 7.83. The summed E-state index contributed by atoms with van der Waals surface area (Å²) < 4.78 is 45.0. The van der Waals surface area contributed by atoms with Gasteiger partial charge in [-0.15, -0.1) is 0 Å². The normalized spacial score (nSPS) is 18.2. The number of aliphatic hydroxyl groups is 1. The zero-order valence-electron chi connectivity index (χ0n) is 18.6. The number of aromatic nitrogens is 3. The number of pyridine rings is 1. The molecule has 0 aromatic carbocycles. The van der Waals surface area contributed by atoms with Crippen molar-refractivity contribution in [2.45, 2.75) is 12.4 Å². The van der Waals surface area contributed by atoms with Gasteiger partial charge >= 0.3 is 12.2 Å². The van der Waals surface area contributed by atoms with E-state index in [1.165, 1.54) is 37.7 Å². The molecule has 0 spiro atoms. The summed E-state index contributed by atoms with van der Waals surface area (Å²) in [6.07, 6.45) is -1.42. The van der Waals surface area contributed by atoms with Crippen LogP contribution in [0.25, 0.3) is 0 Å². The number of nitrogens with one attached hydrogen (secondary N) is 1. The zero-order valence-corrected chi connectivity index (χ0v) is 18.6. The number of ether oxygens (including phenoxy) is 1. The van der Waals surface area contributed by atoms with Gasteiger partial charge in [0.05, 0.1) is 12.8 Å². The minimum atomic E-state index is -4.44. The number of β-amino-alcohol motifs (C(OH)–C–C–N with tert-alkyl or cyclic N) is 1. The number of rotatable bonds is 8. The van der Waals surface area contributed by atoms with Crippen molar-refractivity contribution in [3.63, 3.8) is 0 Å². The van der Waals surface area contributed by atoms with Crippen molar-refractivity contribution in [3.05, 3.63) is 42.0 Å². The van der Waals surface area contributed by atoms with Gasteiger partial charge in [-0.2, -0.15) is 18.3 Å². The van der Waals surface area contributed by atoms with Gasteiger partial charge in [0.1, 0.15) is 30.0 Å². The van der Waals surface area contributed by atoms with E-state index in [-0.39, 0.29) is 36.5 Å².